The fourth-order valence-corrected chi connectivity index (χ4v) is 2.02. The summed E-state index contributed by atoms with van der Waals surface area (Å²) < 4.78 is 4.84. The Bertz CT molecular complexity index is 911. The summed E-state index contributed by atoms with van der Waals surface area (Å²) in [4.78, 5) is 32.4. The van der Waals surface area contributed by atoms with E-state index in [-0.39, 0.29) is 22.6 Å². The quantitative estimate of drug-likeness (QED) is 0.453. The monoisotopic (exact) mass is 360 g/mol. The van der Waals surface area contributed by atoms with E-state index in [4.69, 9.17) is 4.74 Å². The molecule has 0 fully saturated rings. The molecule has 26 heavy (non-hydrogen) atoms. The Kier molecular flexibility index (Phi) is 5.43. The van der Waals surface area contributed by atoms with Gasteiger partial charge in [0, 0.05) is 17.7 Å². The van der Waals surface area contributed by atoms with Crippen LogP contribution in [0.4, 0.5) is 11.4 Å². The summed E-state index contributed by atoms with van der Waals surface area (Å²) in [6.07, 6.45) is 0.956. The lowest BCUT2D eigenvalue weighted by atomic mass is 10.1. The normalized spacial score (nSPS) is 10.5. The van der Waals surface area contributed by atoms with Gasteiger partial charge in [-0.1, -0.05) is 12.1 Å². The molecule has 0 atom stereocenters. The maximum atomic E-state index is 12.0. The number of hydrazone groups is 1. The van der Waals surface area contributed by atoms with Crippen molar-refractivity contribution in [1.82, 2.24) is 5.43 Å². The zero-order valence-electron chi connectivity index (χ0n) is 13.3. The molecule has 0 saturated carbocycles. The number of benzene rings is 2. The lowest BCUT2D eigenvalue weighted by Gasteiger charge is -2.06. The lowest BCUT2D eigenvalue weighted by molar-refractivity contribution is -0.385. The van der Waals surface area contributed by atoms with Gasteiger partial charge in [0.15, 0.2) is 11.5 Å². The highest BCUT2D eigenvalue weighted by Crippen LogP contribution is 2.33. The van der Waals surface area contributed by atoms with E-state index in [1.54, 1.807) is 0 Å². The molecule has 0 bridgehead atoms. The number of rotatable bonds is 6. The molecule has 11 heteroatoms. The van der Waals surface area contributed by atoms with Crippen molar-refractivity contribution in [3.8, 4) is 11.5 Å². The van der Waals surface area contributed by atoms with Crippen LogP contribution in [0.3, 0.4) is 0 Å². The number of methoxy groups -OCH3 is 1. The zero-order valence-corrected chi connectivity index (χ0v) is 13.3. The number of aromatic hydroxyl groups is 1. The predicted molar refractivity (Wildman–Crippen MR) is 89.5 cm³/mol. The average Bonchev–Trinajstić information content (AvgIpc) is 2.62. The van der Waals surface area contributed by atoms with Gasteiger partial charge < -0.3 is 9.84 Å². The summed E-state index contributed by atoms with van der Waals surface area (Å²) in [5, 5.41) is 35.3. The van der Waals surface area contributed by atoms with Crippen molar-refractivity contribution in [2.75, 3.05) is 7.11 Å². The molecule has 2 rings (SSSR count). The Morgan fingerprint density at radius 1 is 1.23 bits per heavy atom. The minimum atomic E-state index is -0.856. The predicted octanol–water partition coefficient (Wildman–Crippen LogP) is 1.98. The maximum Gasteiger partial charge on any atom is 0.282 e. The minimum absolute atomic E-state index is 0.0843. The van der Waals surface area contributed by atoms with Gasteiger partial charge in [-0.05, 0) is 6.07 Å². The van der Waals surface area contributed by atoms with Crippen LogP contribution < -0.4 is 10.2 Å². The zero-order chi connectivity index (χ0) is 19.3. The summed E-state index contributed by atoms with van der Waals surface area (Å²) in [6.45, 7) is 0. The van der Waals surface area contributed by atoms with E-state index in [0.717, 1.165) is 24.4 Å². The summed E-state index contributed by atoms with van der Waals surface area (Å²) in [6, 6.07) is 7.32. The summed E-state index contributed by atoms with van der Waals surface area (Å²) >= 11 is 0. The highest BCUT2D eigenvalue weighted by molar-refractivity contribution is 5.98. The number of para-hydroxylation sites is 1. The number of hydrogen-bond donors (Lipinski definition) is 2. The van der Waals surface area contributed by atoms with Crippen LogP contribution in [0, 0.1) is 20.2 Å². The van der Waals surface area contributed by atoms with Crippen molar-refractivity contribution in [2.45, 2.75) is 0 Å². The number of nitrogens with zero attached hydrogens (tertiary/aromatic N) is 3. The molecule has 134 valence electrons. The number of non-ortho nitro benzene ring substituents is 1. The number of nitro groups is 2. The second-order valence-corrected chi connectivity index (χ2v) is 4.82. The second-order valence-electron chi connectivity index (χ2n) is 4.82. The van der Waals surface area contributed by atoms with E-state index >= 15 is 0 Å². The van der Waals surface area contributed by atoms with E-state index in [9.17, 15) is 30.1 Å². The standard InChI is InChI=1S/C15H12N4O7/c1-26-13-7-10(18(22)23)6-9(14(13)20)8-16-17-15(21)11-4-2-3-5-12(11)19(24)25/h2-8,20H,1H3,(H,17,21). The summed E-state index contributed by atoms with van der Waals surface area (Å²) in [5.41, 5.74) is 1.01. The number of nitrogens with one attached hydrogen (secondary N) is 1. The molecule has 0 saturated heterocycles. The van der Waals surface area contributed by atoms with Gasteiger partial charge >= 0.3 is 0 Å². The maximum absolute atomic E-state index is 12.0. The fraction of sp³-hybridized carbons (Fsp3) is 0.0667. The SMILES string of the molecule is COc1cc([N+](=O)[O-])cc(C=NNC(=O)c2ccccc2[N+](=O)[O-])c1O. The minimum Gasteiger partial charge on any atom is -0.504 e. The number of phenols is 1. The number of carbonyl (C=O) groups is 1. The van der Waals surface area contributed by atoms with Gasteiger partial charge in [0.2, 0.25) is 0 Å². The largest absolute Gasteiger partial charge is 0.504 e. The number of hydrogen-bond acceptors (Lipinski definition) is 8. The Morgan fingerprint density at radius 3 is 2.54 bits per heavy atom. The molecule has 2 aromatic rings. The molecule has 0 aliphatic rings. The van der Waals surface area contributed by atoms with Gasteiger partial charge in [-0.25, -0.2) is 5.43 Å². The first-order valence-electron chi connectivity index (χ1n) is 6.97. The first-order valence-corrected chi connectivity index (χ1v) is 6.97. The second kappa shape index (κ2) is 7.70. The molecular formula is C15H12N4O7. The Morgan fingerprint density at radius 2 is 1.92 bits per heavy atom. The van der Waals surface area contributed by atoms with Gasteiger partial charge in [-0.2, -0.15) is 5.10 Å². The highest BCUT2D eigenvalue weighted by Gasteiger charge is 2.19. The van der Waals surface area contributed by atoms with Crippen molar-refractivity contribution in [2.24, 2.45) is 5.10 Å². The molecule has 2 aromatic carbocycles. The number of amides is 1. The Hall–Kier alpha value is -4.02. The fourth-order valence-electron chi connectivity index (χ4n) is 2.02. The number of phenolic OH excluding ortho intramolecular Hbond substituents is 1. The Balaban J connectivity index is 2.26. The Labute approximate surface area is 145 Å². The summed E-state index contributed by atoms with van der Waals surface area (Å²) in [5.74, 6) is -1.42. The molecule has 0 aliphatic carbocycles. The van der Waals surface area contributed by atoms with E-state index in [2.05, 4.69) is 10.5 Å². The van der Waals surface area contributed by atoms with Crippen LogP contribution in [0.5, 0.6) is 11.5 Å². The van der Waals surface area contributed by atoms with Gasteiger partial charge in [-0.15, -0.1) is 0 Å². The smallest absolute Gasteiger partial charge is 0.282 e. The summed E-state index contributed by atoms with van der Waals surface area (Å²) in [7, 11) is 1.22. The van der Waals surface area contributed by atoms with Crippen molar-refractivity contribution < 1.29 is 24.5 Å². The number of carbonyl (C=O) groups excluding carboxylic acids is 1. The van der Waals surface area contributed by atoms with E-state index in [1.165, 1.54) is 25.3 Å². The molecule has 11 nitrogen and oxygen atoms in total. The molecule has 1 amide bonds. The third-order valence-corrected chi connectivity index (χ3v) is 3.24. The van der Waals surface area contributed by atoms with Crippen molar-refractivity contribution in [1.29, 1.82) is 0 Å². The van der Waals surface area contributed by atoms with E-state index < -0.39 is 27.2 Å². The van der Waals surface area contributed by atoms with E-state index in [1.807, 2.05) is 0 Å². The number of nitro benzene ring substituents is 2. The lowest BCUT2D eigenvalue weighted by Crippen LogP contribution is -2.19. The van der Waals surface area contributed by atoms with E-state index in [0.29, 0.717) is 0 Å². The van der Waals surface area contributed by atoms with Crippen molar-refractivity contribution in [3.05, 3.63) is 67.8 Å². The third-order valence-electron chi connectivity index (χ3n) is 3.24. The van der Waals surface area contributed by atoms with Crippen LogP contribution >= 0.6 is 0 Å². The molecule has 0 aliphatic heterocycles. The van der Waals surface area contributed by atoms with Crippen molar-refractivity contribution in [3.63, 3.8) is 0 Å². The van der Waals surface area contributed by atoms with Gasteiger partial charge in [-0.3, -0.25) is 25.0 Å². The first kappa shape index (κ1) is 18.3. The molecule has 0 heterocycles. The molecule has 0 radical (unpaired) electrons. The topological polar surface area (TPSA) is 157 Å². The molecule has 0 aromatic heterocycles. The highest BCUT2D eigenvalue weighted by atomic mass is 16.6. The molecule has 2 N–H and O–H groups in total. The average molecular weight is 360 g/mol. The molecule has 0 spiro atoms. The molecule has 0 unspecified atom stereocenters. The van der Waals surface area contributed by atoms with Crippen LogP contribution in [0.2, 0.25) is 0 Å². The molecular weight excluding hydrogens is 348 g/mol. The van der Waals surface area contributed by atoms with Crippen LogP contribution in [-0.4, -0.2) is 34.2 Å². The van der Waals surface area contributed by atoms with Crippen molar-refractivity contribution >= 4 is 23.5 Å². The van der Waals surface area contributed by atoms with Crippen LogP contribution in [0.25, 0.3) is 0 Å². The van der Waals surface area contributed by atoms with Gasteiger partial charge in [0.1, 0.15) is 5.56 Å². The first-order chi connectivity index (χ1) is 12.3. The van der Waals surface area contributed by atoms with Gasteiger partial charge in [0.25, 0.3) is 17.3 Å². The van der Waals surface area contributed by atoms with Crippen LogP contribution in [0.15, 0.2) is 41.5 Å². The number of ether oxygens (including phenoxy) is 1. The van der Waals surface area contributed by atoms with Crippen LogP contribution in [0.1, 0.15) is 15.9 Å². The van der Waals surface area contributed by atoms with Crippen LogP contribution in [-0.2, 0) is 0 Å². The third kappa shape index (κ3) is 3.90. The van der Waals surface area contributed by atoms with Gasteiger partial charge in [0.05, 0.1) is 29.2 Å².